The minimum atomic E-state index is -0.974. The quantitative estimate of drug-likeness (QED) is 0.355. The van der Waals surface area contributed by atoms with E-state index in [9.17, 15) is 9.90 Å². The number of fused-ring (bicyclic) bond motifs is 1. The largest absolute Gasteiger partial charge is 0.438 e. The highest BCUT2D eigenvalue weighted by atomic mass is 16.6. The Morgan fingerprint density at radius 1 is 1.06 bits per heavy atom. The van der Waals surface area contributed by atoms with E-state index in [4.69, 9.17) is 4.74 Å². The summed E-state index contributed by atoms with van der Waals surface area (Å²) in [6.07, 6.45) is 2.42. The summed E-state index contributed by atoms with van der Waals surface area (Å²) >= 11 is 0. The van der Waals surface area contributed by atoms with Gasteiger partial charge < -0.3 is 19.3 Å². The number of ether oxygens (including phenoxy) is 1. The number of hydrogen-bond donors (Lipinski definition) is 1. The molecule has 1 unspecified atom stereocenters. The third-order valence-corrected chi connectivity index (χ3v) is 7.21. The van der Waals surface area contributed by atoms with Crippen molar-refractivity contribution < 1.29 is 14.6 Å². The second kappa shape index (κ2) is 9.10. The molecular formula is C30H33N3O3. The van der Waals surface area contributed by atoms with Crippen LogP contribution in [-0.2, 0) is 17.4 Å². The number of cyclic esters (lactones) is 1. The van der Waals surface area contributed by atoms with Crippen molar-refractivity contribution in [2.45, 2.75) is 50.9 Å². The minimum absolute atomic E-state index is 0.138. The molecule has 6 heteroatoms. The average Bonchev–Trinajstić information content (AvgIpc) is 3.23. The van der Waals surface area contributed by atoms with Gasteiger partial charge in [-0.2, -0.15) is 0 Å². The number of aromatic nitrogens is 2. The SMILES string of the molecule is C[C@@H](c1ccc(-c2ccc3c(c2)ncn3C)cc1)N1CCC(CC(C)(C)O)(c2ccccc2)OC1=O. The summed E-state index contributed by atoms with van der Waals surface area (Å²) in [6, 6.07) is 24.3. The Bertz CT molecular complexity index is 1370. The maximum atomic E-state index is 13.3. The van der Waals surface area contributed by atoms with Crippen molar-refractivity contribution in [1.29, 1.82) is 0 Å². The summed E-state index contributed by atoms with van der Waals surface area (Å²) in [7, 11) is 1.99. The van der Waals surface area contributed by atoms with Gasteiger partial charge in [0.25, 0.3) is 0 Å². The molecule has 4 aromatic rings. The molecule has 5 rings (SSSR count). The Kier molecular flexibility index (Phi) is 6.08. The topological polar surface area (TPSA) is 67.6 Å². The third kappa shape index (κ3) is 4.61. The van der Waals surface area contributed by atoms with Crippen LogP contribution in [0.15, 0.2) is 79.1 Å². The van der Waals surface area contributed by atoms with Crippen LogP contribution in [0.2, 0.25) is 0 Å². The maximum Gasteiger partial charge on any atom is 0.411 e. The van der Waals surface area contributed by atoms with E-state index in [1.54, 1.807) is 18.7 Å². The van der Waals surface area contributed by atoms with E-state index in [-0.39, 0.29) is 12.1 Å². The number of aliphatic hydroxyl groups is 1. The molecule has 1 saturated heterocycles. The van der Waals surface area contributed by atoms with Crippen LogP contribution in [0.5, 0.6) is 0 Å². The summed E-state index contributed by atoms with van der Waals surface area (Å²) in [4.78, 5) is 19.6. The standard InChI is InChI=1S/C30H33N3O3/c1-21(22-10-12-23(13-11-22)24-14-15-27-26(18-24)31-20-32(27)4)33-17-16-30(36-28(33)34,19-29(2,3)35)25-8-6-5-7-9-25/h5-15,18,20-21,35H,16-17,19H2,1-4H3/t21-,30?/m0/s1. The fraction of sp³-hybridized carbons (Fsp3) is 0.333. The van der Waals surface area contributed by atoms with Gasteiger partial charge in [0.1, 0.15) is 5.60 Å². The van der Waals surface area contributed by atoms with E-state index < -0.39 is 11.2 Å². The number of rotatable bonds is 6. The molecule has 1 aliphatic heterocycles. The molecule has 0 saturated carbocycles. The van der Waals surface area contributed by atoms with E-state index >= 15 is 0 Å². The van der Waals surface area contributed by atoms with E-state index in [2.05, 4.69) is 47.4 Å². The lowest BCUT2D eigenvalue weighted by Gasteiger charge is -2.45. The fourth-order valence-electron chi connectivity index (χ4n) is 5.34. The highest BCUT2D eigenvalue weighted by molar-refractivity contribution is 5.82. The number of imidazole rings is 1. The predicted octanol–water partition coefficient (Wildman–Crippen LogP) is 6.20. The molecule has 1 amide bonds. The van der Waals surface area contributed by atoms with E-state index in [1.165, 1.54) is 0 Å². The van der Waals surface area contributed by atoms with Gasteiger partial charge >= 0.3 is 6.09 Å². The Morgan fingerprint density at radius 3 is 2.42 bits per heavy atom. The van der Waals surface area contributed by atoms with Crippen LogP contribution < -0.4 is 0 Å². The van der Waals surface area contributed by atoms with Crippen molar-refractivity contribution in [1.82, 2.24) is 14.5 Å². The van der Waals surface area contributed by atoms with E-state index in [0.29, 0.717) is 19.4 Å². The normalized spacial score (nSPS) is 19.4. The highest BCUT2D eigenvalue weighted by Gasteiger charge is 2.46. The first-order valence-corrected chi connectivity index (χ1v) is 12.4. The lowest BCUT2D eigenvalue weighted by molar-refractivity contribution is -0.101. The van der Waals surface area contributed by atoms with Crippen LogP contribution in [-0.4, -0.2) is 37.8 Å². The fourth-order valence-corrected chi connectivity index (χ4v) is 5.34. The Balaban J connectivity index is 1.35. The molecule has 2 atom stereocenters. The van der Waals surface area contributed by atoms with E-state index in [0.717, 1.165) is 33.3 Å². The molecule has 2 heterocycles. The number of carbonyl (C=O) groups is 1. The van der Waals surface area contributed by atoms with Crippen molar-refractivity contribution >= 4 is 17.1 Å². The third-order valence-electron chi connectivity index (χ3n) is 7.21. The molecule has 6 nitrogen and oxygen atoms in total. The van der Waals surface area contributed by atoms with Gasteiger partial charge in [-0.25, -0.2) is 9.78 Å². The summed E-state index contributed by atoms with van der Waals surface area (Å²) < 4.78 is 8.15. The van der Waals surface area contributed by atoms with Crippen LogP contribution in [0.3, 0.4) is 0 Å². The molecule has 1 aromatic heterocycles. The van der Waals surface area contributed by atoms with Gasteiger partial charge in [0.05, 0.1) is 29.0 Å². The van der Waals surface area contributed by atoms with Gasteiger partial charge in [0.15, 0.2) is 0 Å². The second-order valence-electron chi connectivity index (χ2n) is 10.5. The Morgan fingerprint density at radius 2 is 1.75 bits per heavy atom. The summed E-state index contributed by atoms with van der Waals surface area (Å²) in [5, 5.41) is 10.6. The lowest BCUT2D eigenvalue weighted by atomic mass is 9.80. The van der Waals surface area contributed by atoms with Crippen LogP contribution in [0.4, 0.5) is 4.79 Å². The first-order valence-electron chi connectivity index (χ1n) is 12.4. The minimum Gasteiger partial charge on any atom is -0.438 e. The maximum absolute atomic E-state index is 13.3. The number of benzene rings is 3. The molecule has 0 spiro atoms. The van der Waals surface area contributed by atoms with Gasteiger partial charge in [-0.1, -0.05) is 60.7 Å². The first-order chi connectivity index (χ1) is 17.2. The van der Waals surface area contributed by atoms with Crippen LogP contribution in [0.25, 0.3) is 22.2 Å². The summed E-state index contributed by atoms with van der Waals surface area (Å²) in [6.45, 7) is 6.09. The number of amides is 1. The van der Waals surface area contributed by atoms with Gasteiger partial charge in [0, 0.05) is 26.4 Å². The van der Waals surface area contributed by atoms with Crippen molar-refractivity contribution in [3.8, 4) is 11.1 Å². The zero-order chi connectivity index (χ0) is 25.5. The predicted molar refractivity (Wildman–Crippen MR) is 141 cm³/mol. The number of hydrogen-bond acceptors (Lipinski definition) is 4. The first kappa shape index (κ1) is 24.1. The van der Waals surface area contributed by atoms with Crippen molar-refractivity contribution in [3.63, 3.8) is 0 Å². The zero-order valence-corrected chi connectivity index (χ0v) is 21.3. The lowest BCUT2D eigenvalue weighted by Crippen LogP contribution is -2.51. The number of aryl methyl sites for hydroxylation is 1. The molecule has 1 aliphatic rings. The molecule has 3 aromatic carbocycles. The van der Waals surface area contributed by atoms with Crippen molar-refractivity contribution in [3.05, 3.63) is 90.3 Å². The molecule has 186 valence electrons. The molecular weight excluding hydrogens is 450 g/mol. The average molecular weight is 484 g/mol. The van der Waals surface area contributed by atoms with Crippen LogP contribution in [0.1, 0.15) is 50.8 Å². The van der Waals surface area contributed by atoms with Gasteiger partial charge in [-0.05, 0) is 55.2 Å². The number of carbonyl (C=O) groups excluding carboxylic acids is 1. The molecule has 36 heavy (non-hydrogen) atoms. The smallest absolute Gasteiger partial charge is 0.411 e. The zero-order valence-electron chi connectivity index (χ0n) is 21.3. The summed E-state index contributed by atoms with van der Waals surface area (Å²) in [5.41, 5.74) is 4.43. The van der Waals surface area contributed by atoms with Crippen molar-refractivity contribution in [2.75, 3.05) is 6.54 Å². The molecule has 0 radical (unpaired) electrons. The second-order valence-corrected chi connectivity index (χ2v) is 10.5. The molecule has 1 fully saturated rings. The van der Waals surface area contributed by atoms with Crippen LogP contribution in [0, 0.1) is 0 Å². The van der Waals surface area contributed by atoms with Crippen molar-refractivity contribution in [2.24, 2.45) is 7.05 Å². The molecule has 0 aliphatic carbocycles. The molecule has 0 bridgehead atoms. The van der Waals surface area contributed by atoms with Gasteiger partial charge in [0.2, 0.25) is 0 Å². The number of nitrogens with zero attached hydrogens (tertiary/aromatic N) is 3. The Hall–Kier alpha value is -3.64. The Labute approximate surface area is 212 Å². The summed E-state index contributed by atoms with van der Waals surface area (Å²) in [5.74, 6) is 0. The van der Waals surface area contributed by atoms with Gasteiger partial charge in [-0.3, -0.25) is 0 Å². The van der Waals surface area contributed by atoms with E-state index in [1.807, 2.05) is 55.2 Å². The monoisotopic (exact) mass is 483 g/mol. The highest BCUT2D eigenvalue weighted by Crippen LogP contribution is 2.42. The van der Waals surface area contributed by atoms with Gasteiger partial charge in [-0.15, -0.1) is 0 Å². The van der Waals surface area contributed by atoms with Crippen LogP contribution >= 0.6 is 0 Å². The molecule has 1 N–H and O–H groups in total.